The molecule has 0 aromatic heterocycles. The van der Waals surface area contributed by atoms with Crippen LogP contribution in [0.25, 0.3) is 0 Å². The van der Waals surface area contributed by atoms with E-state index in [2.05, 4.69) is 15.9 Å². The van der Waals surface area contributed by atoms with Gasteiger partial charge < -0.3 is 5.11 Å². The number of halogens is 1. The third kappa shape index (κ3) is 3.26. The molecular weight excluding hydrogens is 344 g/mol. The molecule has 0 saturated carbocycles. The van der Waals surface area contributed by atoms with Gasteiger partial charge in [-0.15, -0.1) is 0 Å². The molecule has 0 fully saturated rings. The number of sulfone groups is 1. The van der Waals surface area contributed by atoms with Crippen molar-refractivity contribution < 1.29 is 18.3 Å². The van der Waals surface area contributed by atoms with E-state index in [1.807, 2.05) is 0 Å². The molecule has 0 radical (unpaired) electrons. The molecule has 0 aliphatic carbocycles. The molecule has 20 heavy (non-hydrogen) atoms. The standard InChI is InChI=1S/C14H11BrO4S/c15-13-7-6-10(14(16)17)8-11(13)9-20(18,19)12-4-2-1-3-5-12/h1-8H,9H2,(H,16,17). The molecule has 0 aliphatic heterocycles. The Balaban J connectivity index is 2.39. The molecule has 1 N–H and O–H groups in total. The van der Waals surface area contributed by atoms with E-state index in [9.17, 15) is 13.2 Å². The molecule has 0 unspecified atom stereocenters. The number of rotatable bonds is 4. The van der Waals surface area contributed by atoms with E-state index in [0.29, 0.717) is 10.0 Å². The van der Waals surface area contributed by atoms with Gasteiger partial charge in [-0.2, -0.15) is 0 Å². The topological polar surface area (TPSA) is 71.4 Å². The molecule has 2 aromatic rings. The lowest BCUT2D eigenvalue weighted by molar-refractivity contribution is 0.0696. The first kappa shape index (κ1) is 14.7. The van der Waals surface area contributed by atoms with Crippen molar-refractivity contribution in [1.82, 2.24) is 0 Å². The summed E-state index contributed by atoms with van der Waals surface area (Å²) in [7, 11) is -3.50. The first-order chi connectivity index (χ1) is 9.40. The van der Waals surface area contributed by atoms with Gasteiger partial charge in [0, 0.05) is 4.47 Å². The lowest BCUT2D eigenvalue weighted by Gasteiger charge is -2.07. The molecule has 104 valence electrons. The summed E-state index contributed by atoms with van der Waals surface area (Å²) >= 11 is 3.25. The second-order valence-corrected chi connectivity index (χ2v) is 7.03. The SMILES string of the molecule is O=C(O)c1ccc(Br)c(CS(=O)(=O)c2ccccc2)c1. The molecule has 0 saturated heterocycles. The molecule has 0 heterocycles. The van der Waals surface area contributed by atoms with Crippen molar-refractivity contribution in [3.05, 3.63) is 64.1 Å². The Morgan fingerprint density at radius 1 is 1.10 bits per heavy atom. The highest BCUT2D eigenvalue weighted by Crippen LogP contribution is 2.24. The zero-order chi connectivity index (χ0) is 14.8. The van der Waals surface area contributed by atoms with Crippen molar-refractivity contribution in [2.45, 2.75) is 10.6 Å². The van der Waals surface area contributed by atoms with E-state index in [1.54, 1.807) is 24.3 Å². The summed E-state index contributed by atoms with van der Waals surface area (Å²) in [5.41, 5.74) is 0.486. The monoisotopic (exact) mass is 354 g/mol. The third-order valence-electron chi connectivity index (χ3n) is 2.74. The number of benzene rings is 2. The average molecular weight is 355 g/mol. The van der Waals surface area contributed by atoms with Crippen LogP contribution in [0.15, 0.2) is 57.9 Å². The van der Waals surface area contributed by atoms with Crippen LogP contribution >= 0.6 is 15.9 Å². The number of carboxylic acids is 1. The van der Waals surface area contributed by atoms with E-state index in [4.69, 9.17) is 5.11 Å². The molecule has 0 spiro atoms. The first-order valence-electron chi connectivity index (χ1n) is 5.70. The zero-order valence-corrected chi connectivity index (χ0v) is 12.7. The van der Waals surface area contributed by atoms with E-state index >= 15 is 0 Å². The van der Waals surface area contributed by atoms with E-state index in [0.717, 1.165) is 0 Å². The zero-order valence-electron chi connectivity index (χ0n) is 10.3. The number of hydrogen-bond donors (Lipinski definition) is 1. The molecule has 0 amide bonds. The van der Waals surface area contributed by atoms with Crippen LogP contribution in [0.5, 0.6) is 0 Å². The van der Waals surface area contributed by atoms with Crippen LogP contribution in [-0.4, -0.2) is 19.5 Å². The second kappa shape index (κ2) is 5.76. The minimum absolute atomic E-state index is 0.0615. The van der Waals surface area contributed by atoms with Crippen LogP contribution < -0.4 is 0 Å². The van der Waals surface area contributed by atoms with Gasteiger partial charge in [-0.05, 0) is 35.9 Å². The van der Waals surface area contributed by atoms with Gasteiger partial charge in [0.15, 0.2) is 9.84 Å². The Morgan fingerprint density at radius 3 is 2.35 bits per heavy atom. The number of carboxylic acid groups (broad SMARTS) is 1. The van der Waals surface area contributed by atoms with E-state index < -0.39 is 15.8 Å². The molecule has 2 rings (SSSR count). The average Bonchev–Trinajstić information content (AvgIpc) is 2.42. The number of hydrogen-bond acceptors (Lipinski definition) is 3. The van der Waals surface area contributed by atoms with Crippen molar-refractivity contribution in [2.24, 2.45) is 0 Å². The van der Waals surface area contributed by atoms with Crippen LogP contribution in [0.1, 0.15) is 15.9 Å². The Bertz CT molecular complexity index is 739. The number of aromatic carboxylic acids is 1. The normalized spacial score (nSPS) is 11.2. The van der Waals surface area contributed by atoms with Gasteiger partial charge in [-0.25, -0.2) is 13.2 Å². The first-order valence-corrected chi connectivity index (χ1v) is 8.14. The predicted molar refractivity (Wildman–Crippen MR) is 78.4 cm³/mol. The Morgan fingerprint density at radius 2 is 1.75 bits per heavy atom. The fraction of sp³-hybridized carbons (Fsp3) is 0.0714. The summed E-state index contributed by atoms with van der Waals surface area (Å²) in [4.78, 5) is 11.2. The summed E-state index contributed by atoms with van der Waals surface area (Å²) in [6.07, 6.45) is 0. The highest BCUT2D eigenvalue weighted by Gasteiger charge is 2.17. The van der Waals surface area contributed by atoms with Gasteiger partial charge in [0.1, 0.15) is 0 Å². The predicted octanol–water partition coefficient (Wildman–Crippen LogP) is 3.12. The lowest BCUT2D eigenvalue weighted by Crippen LogP contribution is -2.07. The molecule has 0 atom stereocenters. The molecule has 0 aliphatic rings. The van der Waals surface area contributed by atoms with Crippen LogP contribution in [0, 0.1) is 0 Å². The van der Waals surface area contributed by atoms with Crippen LogP contribution in [-0.2, 0) is 15.6 Å². The van der Waals surface area contributed by atoms with Crippen molar-refractivity contribution in [3.8, 4) is 0 Å². The smallest absolute Gasteiger partial charge is 0.335 e. The maximum Gasteiger partial charge on any atom is 0.335 e. The highest BCUT2D eigenvalue weighted by atomic mass is 79.9. The molecule has 6 heteroatoms. The number of carbonyl (C=O) groups is 1. The van der Waals surface area contributed by atoms with Crippen LogP contribution in [0.2, 0.25) is 0 Å². The highest BCUT2D eigenvalue weighted by molar-refractivity contribution is 9.10. The van der Waals surface area contributed by atoms with Crippen LogP contribution in [0.3, 0.4) is 0 Å². The third-order valence-corrected chi connectivity index (χ3v) is 5.20. The van der Waals surface area contributed by atoms with Gasteiger partial charge >= 0.3 is 5.97 Å². The quantitative estimate of drug-likeness (QED) is 0.915. The summed E-state index contributed by atoms with van der Waals surface area (Å²) in [5, 5.41) is 8.95. The van der Waals surface area contributed by atoms with E-state index in [1.165, 1.54) is 24.3 Å². The molecule has 4 nitrogen and oxygen atoms in total. The summed E-state index contributed by atoms with van der Waals surface area (Å²) < 4.78 is 25.1. The van der Waals surface area contributed by atoms with Gasteiger partial charge in [0.25, 0.3) is 0 Å². The van der Waals surface area contributed by atoms with Crippen molar-refractivity contribution in [3.63, 3.8) is 0 Å². The van der Waals surface area contributed by atoms with E-state index in [-0.39, 0.29) is 16.2 Å². The Kier molecular flexibility index (Phi) is 4.25. The summed E-state index contributed by atoms with van der Waals surface area (Å²) in [5.74, 6) is -1.34. The lowest BCUT2D eigenvalue weighted by atomic mass is 10.1. The fourth-order valence-electron chi connectivity index (χ4n) is 1.73. The maximum absolute atomic E-state index is 12.3. The Hall–Kier alpha value is -1.66. The van der Waals surface area contributed by atoms with Crippen LogP contribution in [0.4, 0.5) is 0 Å². The fourth-order valence-corrected chi connectivity index (χ4v) is 3.69. The van der Waals surface area contributed by atoms with Gasteiger partial charge in [-0.1, -0.05) is 34.1 Å². The van der Waals surface area contributed by atoms with Gasteiger partial charge in [0.2, 0.25) is 0 Å². The Labute approximate surface area is 125 Å². The minimum Gasteiger partial charge on any atom is -0.478 e. The largest absolute Gasteiger partial charge is 0.478 e. The molecule has 2 aromatic carbocycles. The van der Waals surface area contributed by atoms with Gasteiger partial charge in [-0.3, -0.25) is 0 Å². The van der Waals surface area contributed by atoms with Crippen molar-refractivity contribution in [2.75, 3.05) is 0 Å². The minimum atomic E-state index is -3.50. The summed E-state index contributed by atoms with van der Waals surface area (Å²) in [6.45, 7) is 0. The second-order valence-electron chi connectivity index (χ2n) is 4.18. The van der Waals surface area contributed by atoms with Crippen molar-refractivity contribution in [1.29, 1.82) is 0 Å². The summed E-state index contributed by atoms with van der Waals surface area (Å²) in [6, 6.07) is 12.4. The maximum atomic E-state index is 12.3. The van der Waals surface area contributed by atoms with Gasteiger partial charge in [0.05, 0.1) is 16.2 Å². The molecular formula is C14H11BrO4S. The molecule has 0 bridgehead atoms. The van der Waals surface area contributed by atoms with Crippen molar-refractivity contribution >= 4 is 31.7 Å².